The minimum absolute atomic E-state index is 0.453. The molecule has 13 heteroatoms. The molecule has 13 nitrogen and oxygen atoms in total. The van der Waals surface area contributed by atoms with Gasteiger partial charge >= 0.3 is 17.9 Å². The molecule has 0 rings (SSSR count). The van der Waals surface area contributed by atoms with Crippen LogP contribution in [0.5, 0.6) is 0 Å². The maximum Gasteiger partial charge on any atom is 0.326 e. The van der Waals surface area contributed by atoms with E-state index in [1.807, 2.05) is 10.6 Å². The zero-order valence-corrected chi connectivity index (χ0v) is 13.5. The molecule has 0 aromatic carbocycles. The average molecular weight is 376 g/mol. The van der Waals surface area contributed by atoms with Crippen molar-refractivity contribution >= 4 is 35.6 Å². The lowest BCUT2D eigenvalue weighted by atomic mass is 10.1. The topological polar surface area (TPSA) is 239 Å². The van der Waals surface area contributed by atoms with E-state index in [1.54, 1.807) is 0 Å². The van der Waals surface area contributed by atoms with Crippen LogP contribution in [0, 0.1) is 0 Å². The van der Waals surface area contributed by atoms with Crippen molar-refractivity contribution in [1.29, 1.82) is 0 Å². The maximum atomic E-state index is 12.1. The second kappa shape index (κ2) is 10.6. The van der Waals surface area contributed by atoms with Crippen molar-refractivity contribution in [3.8, 4) is 0 Å². The third kappa shape index (κ3) is 9.17. The number of carboxylic acids is 3. The molecule has 0 aliphatic carbocycles. The summed E-state index contributed by atoms with van der Waals surface area (Å²) >= 11 is 0. The van der Waals surface area contributed by atoms with Crippen molar-refractivity contribution in [3.05, 3.63) is 0 Å². The number of nitrogens with one attached hydrogen (secondary N) is 2. The van der Waals surface area contributed by atoms with Crippen LogP contribution in [0.4, 0.5) is 0 Å². The molecule has 0 fully saturated rings. The summed E-state index contributed by atoms with van der Waals surface area (Å²) in [5.74, 6) is -7.41. The number of hydrogen-bond donors (Lipinski definition) is 7. The molecule has 0 saturated carbocycles. The number of nitrogens with two attached hydrogens (primary N) is 2. The monoisotopic (exact) mass is 376 g/mol. The Morgan fingerprint density at radius 2 is 1.35 bits per heavy atom. The maximum absolute atomic E-state index is 12.1. The Hall–Kier alpha value is -3.22. The van der Waals surface area contributed by atoms with Crippen LogP contribution in [0.15, 0.2) is 0 Å². The van der Waals surface area contributed by atoms with Gasteiger partial charge in [-0.15, -0.1) is 0 Å². The van der Waals surface area contributed by atoms with Crippen LogP contribution in [0.1, 0.15) is 25.7 Å². The van der Waals surface area contributed by atoms with E-state index in [2.05, 4.69) is 0 Å². The third-order valence-electron chi connectivity index (χ3n) is 3.03. The molecule has 0 radical (unpaired) electrons. The Bertz CT molecular complexity index is 592. The van der Waals surface area contributed by atoms with Crippen LogP contribution in [0.3, 0.4) is 0 Å². The number of primary amides is 1. The number of hydrogen-bond acceptors (Lipinski definition) is 7. The standard InChI is InChI=1S/C13H20N4O9/c14-5(3-8(15)18)11(23)17-7(4-10(21)22)12(24)16-6(13(25)26)1-2-9(19)20/h5-7H,1-4,14H2,(H2,15,18)(H,16,24)(H,17,23)(H,19,20)(H,21,22)(H,25,26)/t5-,6-,7-/m0/s1. The summed E-state index contributed by atoms with van der Waals surface area (Å²) in [5.41, 5.74) is 10.3. The van der Waals surface area contributed by atoms with Crippen molar-refractivity contribution in [1.82, 2.24) is 10.6 Å². The van der Waals surface area contributed by atoms with Crippen LogP contribution in [-0.2, 0) is 28.8 Å². The van der Waals surface area contributed by atoms with E-state index < -0.39 is 79.4 Å². The summed E-state index contributed by atoms with van der Waals surface area (Å²) in [4.78, 5) is 67.0. The first-order chi connectivity index (χ1) is 11.9. The second-order valence-electron chi connectivity index (χ2n) is 5.27. The molecular weight excluding hydrogens is 356 g/mol. The van der Waals surface area contributed by atoms with E-state index in [9.17, 15) is 28.8 Å². The molecule has 0 saturated heterocycles. The van der Waals surface area contributed by atoms with Crippen molar-refractivity contribution in [2.45, 2.75) is 43.8 Å². The van der Waals surface area contributed by atoms with Crippen LogP contribution in [-0.4, -0.2) is 69.1 Å². The van der Waals surface area contributed by atoms with E-state index in [1.165, 1.54) is 0 Å². The highest BCUT2D eigenvalue weighted by Crippen LogP contribution is 2.02. The van der Waals surface area contributed by atoms with Gasteiger partial charge < -0.3 is 37.4 Å². The number of rotatable bonds is 12. The predicted octanol–water partition coefficient (Wildman–Crippen LogP) is -3.42. The van der Waals surface area contributed by atoms with Gasteiger partial charge in [-0.25, -0.2) is 4.79 Å². The first-order valence-electron chi connectivity index (χ1n) is 7.25. The van der Waals surface area contributed by atoms with Crippen molar-refractivity contribution in [2.24, 2.45) is 11.5 Å². The molecule has 0 aromatic rings. The summed E-state index contributed by atoms with van der Waals surface area (Å²) in [5, 5.41) is 30.3. The molecule has 0 spiro atoms. The van der Waals surface area contributed by atoms with Gasteiger partial charge in [0.2, 0.25) is 17.7 Å². The van der Waals surface area contributed by atoms with Gasteiger partial charge in [0, 0.05) is 6.42 Å². The van der Waals surface area contributed by atoms with Gasteiger partial charge in [-0.1, -0.05) is 0 Å². The average Bonchev–Trinajstić information content (AvgIpc) is 2.48. The zero-order valence-electron chi connectivity index (χ0n) is 13.5. The van der Waals surface area contributed by atoms with Crippen LogP contribution < -0.4 is 22.1 Å². The highest BCUT2D eigenvalue weighted by Gasteiger charge is 2.30. The third-order valence-corrected chi connectivity index (χ3v) is 3.03. The molecule has 3 amide bonds. The quantitative estimate of drug-likeness (QED) is 0.178. The first kappa shape index (κ1) is 22.8. The largest absolute Gasteiger partial charge is 0.481 e. The Labute approximate surface area is 146 Å². The number of carbonyl (C=O) groups excluding carboxylic acids is 3. The van der Waals surface area contributed by atoms with E-state index in [4.69, 9.17) is 26.8 Å². The van der Waals surface area contributed by atoms with E-state index in [0.29, 0.717) is 0 Å². The Kier molecular flexibility index (Phi) is 9.29. The summed E-state index contributed by atoms with van der Waals surface area (Å²) in [6, 6.07) is -4.73. The second-order valence-corrected chi connectivity index (χ2v) is 5.27. The van der Waals surface area contributed by atoms with Gasteiger partial charge in [-0.2, -0.15) is 0 Å². The van der Waals surface area contributed by atoms with Crippen molar-refractivity contribution in [3.63, 3.8) is 0 Å². The number of amides is 3. The van der Waals surface area contributed by atoms with Gasteiger partial charge in [0.15, 0.2) is 0 Å². The molecule has 0 aliphatic rings. The normalized spacial score (nSPS) is 13.7. The summed E-state index contributed by atoms with van der Waals surface area (Å²) in [7, 11) is 0. The molecule has 0 aromatic heterocycles. The fourth-order valence-corrected chi connectivity index (χ4v) is 1.77. The minimum atomic E-state index is -1.69. The highest BCUT2D eigenvalue weighted by atomic mass is 16.4. The molecule has 0 heterocycles. The van der Waals surface area contributed by atoms with E-state index in [-0.39, 0.29) is 0 Å². The predicted molar refractivity (Wildman–Crippen MR) is 82.4 cm³/mol. The molecular formula is C13H20N4O9. The van der Waals surface area contributed by atoms with Gasteiger partial charge in [0.25, 0.3) is 0 Å². The first-order valence-corrected chi connectivity index (χ1v) is 7.25. The molecule has 26 heavy (non-hydrogen) atoms. The van der Waals surface area contributed by atoms with Gasteiger partial charge in [0.05, 0.1) is 18.9 Å². The lowest BCUT2D eigenvalue weighted by molar-refractivity contribution is -0.144. The minimum Gasteiger partial charge on any atom is -0.481 e. The molecule has 0 aliphatic heterocycles. The Morgan fingerprint density at radius 3 is 1.77 bits per heavy atom. The van der Waals surface area contributed by atoms with Gasteiger partial charge in [-0.05, 0) is 6.42 Å². The molecule has 0 bridgehead atoms. The Morgan fingerprint density at radius 1 is 0.808 bits per heavy atom. The van der Waals surface area contributed by atoms with E-state index >= 15 is 0 Å². The lowest BCUT2D eigenvalue weighted by Gasteiger charge is -2.21. The molecule has 3 atom stereocenters. The van der Waals surface area contributed by atoms with Crippen LogP contribution in [0.25, 0.3) is 0 Å². The van der Waals surface area contributed by atoms with Crippen LogP contribution in [0.2, 0.25) is 0 Å². The Balaban J connectivity index is 5.08. The SMILES string of the molecule is NC(=O)C[C@H](N)C(=O)N[C@@H](CC(=O)O)C(=O)N[C@@H](CCC(=O)O)C(=O)O. The molecule has 0 unspecified atom stereocenters. The van der Waals surface area contributed by atoms with Crippen LogP contribution >= 0.6 is 0 Å². The smallest absolute Gasteiger partial charge is 0.326 e. The summed E-state index contributed by atoms with van der Waals surface area (Å²) < 4.78 is 0. The fourth-order valence-electron chi connectivity index (χ4n) is 1.77. The number of carbonyl (C=O) groups is 6. The number of carboxylic acid groups (broad SMARTS) is 3. The number of aliphatic carboxylic acids is 3. The molecule has 9 N–H and O–H groups in total. The van der Waals surface area contributed by atoms with E-state index in [0.717, 1.165) is 0 Å². The zero-order chi connectivity index (χ0) is 20.4. The fraction of sp³-hybridized carbons (Fsp3) is 0.538. The van der Waals surface area contributed by atoms with Crippen molar-refractivity contribution < 1.29 is 44.1 Å². The summed E-state index contributed by atoms with van der Waals surface area (Å²) in [6.45, 7) is 0. The van der Waals surface area contributed by atoms with Crippen molar-refractivity contribution in [2.75, 3.05) is 0 Å². The molecule has 146 valence electrons. The summed E-state index contributed by atoms with van der Waals surface area (Å²) in [6.07, 6.45) is -2.46. The lowest BCUT2D eigenvalue weighted by Crippen LogP contribution is -2.55. The van der Waals surface area contributed by atoms with Gasteiger partial charge in [-0.3, -0.25) is 24.0 Å². The highest BCUT2D eigenvalue weighted by molar-refractivity contribution is 5.95. The van der Waals surface area contributed by atoms with Gasteiger partial charge in [0.1, 0.15) is 12.1 Å².